The maximum absolute atomic E-state index is 13.3. The van der Waals surface area contributed by atoms with Crippen molar-refractivity contribution >= 4 is 39.9 Å². The zero-order valence-corrected chi connectivity index (χ0v) is 20.7. The summed E-state index contributed by atoms with van der Waals surface area (Å²) in [5.74, 6) is -2.71. The molecule has 3 aromatic rings. The average molecular weight is 509 g/mol. The number of rotatable bonds is 7. The van der Waals surface area contributed by atoms with Crippen molar-refractivity contribution in [2.24, 2.45) is 0 Å². The van der Waals surface area contributed by atoms with Crippen LogP contribution in [-0.4, -0.2) is 46.1 Å². The molecule has 9 nitrogen and oxygen atoms in total. The highest BCUT2D eigenvalue weighted by atomic mass is 32.1. The number of carbonyl (C=O) groups excluding carboxylic acids is 3. The second kappa shape index (κ2) is 10.2. The molecule has 2 aromatic carbocycles. The van der Waals surface area contributed by atoms with E-state index in [1.54, 1.807) is 51.1 Å². The molecule has 1 saturated heterocycles. The van der Waals surface area contributed by atoms with E-state index >= 15 is 0 Å². The smallest absolute Gasteiger partial charge is 0.350 e. The highest BCUT2D eigenvalue weighted by Crippen LogP contribution is 2.45. The van der Waals surface area contributed by atoms with Crippen LogP contribution in [-0.2, 0) is 14.3 Å². The Morgan fingerprint density at radius 1 is 1.11 bits per heavy atom. The summed E-state index contributed by atoms with van der Waals surface area (Å²) in [4.78, 5) is 44.7. The minimum atomic E-state index is -1.09. The van der Waals surface area contributed by atoms with Gasteiger partial charge in [0.15, 0.2) is 16.6 Å². The molecule has 0 bridgehead atoms. The Morgan fingerprint density at radius 2 is 1.83 bits per heavy atom. The van der Waals surface area contributed by atoms with Gasteiger partial charge in [-0.25, -0.2) is 9.78 Å². The lowest BCUT2D eigenvalue weighted by Crippen LogP contribution is -2.29. The number of nitrogens with zero attached hydrogens (tertiary/aromatic N) is 2. The number of carbonyl (C=O) groups is 3. The molecule has 2 N–H and O–H groups in total. The fraction of sp³-hybridized carbons (Fsp3) is 0.231. The van der Waals surface area contributed by atoms with Gasteiger partial charge in [-0.1, -0.05) is 47.7 Å². The Balaban J connectivity index is 1.93. The van der Waals surface area contributed by atoms with Crippen LogP contribution in [0, 0.1) is 6.92 Å². The fourth-order valence-corrected chi connectivity index (χ4v) is 4.93. The van der Waals surface area contributed by atoms with Gasteiger partial charge >= 0.3 is 11.9 Å². The summed E-state index contributed by atoms with van der Waals surface area (Å²) in [5, 5.41) is 21.5. The van der Waals surface area contributed by atoms with Gasteiger partial charge in [-0.05, 0) is 38.5 Å². The summed E-state index contributed by atoms with van der Waals surface area (Å²) in [6.45, 7) is 5.48. The van der Waals surface area contributed by atoms with Crippen molar-refractivity contribution in [3.05, 3.63) is 75.8 Å². The Hall–Kier alpha value is -4.18. The monoisotopic (exact) mass is 508 g/mol. The standard InChI is InChI=1S/C26H24N2O7S/c1-4-34-18-13-16(11-12-17(18)29)20-19(21(30)15-9-7-6-8-10-15)22(31)24(32)28(20)26-27-14(3)23(36-26)25(33)35-5-2/h6-13,20,29-30H,4-5H2,1-3H3/b21-19+/t20-/m1/s1. The number of aryl methyl sites for hydroxylation is 1. The number of aliphatic hydroxyl groups is 1. The van der Waals surface area contributed by atoms with Crippen LogP contribution in [0.25, 0.3) is 5.76 Å². The number of hydrogen-bond donors (Lipinski definition) is 2. The lowest BCUT2D eigenvalue weighted by atomic mass is 9.95. The molecule has 0 spiro atoms. The number of amides is 1. The molecule has 1 aliphatic rings. The minimum absolute atomic E-state index is 0.0980. The molecule has 10 heteroatoms. The molecular weight excluding hydrogens is 484 g/mol. The molecular formula is C26H24N2O7S. The van der Waals surface area contributed by atoms with Crippen LogP contribution in [0.4, 0.5) is 5.13 Å². The molecule has 0 unspecified atom stereocenters. The molecule has 2 heterocycles. The molecule has 36 heavy (non-hydrogen) atoms. The van der Waals surface area contributed by atoms with E-state index < -0.39 is 23.7 Å². The number of phenolic OH excluding ortho intramolecular Hbond substituents is 1. The number of ketones is 1. The second-order valence-corrected chi connectivity index (χ2v) is 8.80. The molecule has 4 rings (SSSR count). The van der Waals surface area contributed by atoms with E-state index in [0.717, 1.165) is 16.2 Å². The third-order valence-corrected chi connectivity index (χ3v) is 6.68. The number of thiazole rings is 1. The van der Waals surface area contributed by atoms with Crippen molar-refractivity contribution in [2.45, 2.75) is 26.8 Å². The summed E-state index contributed by atoms with van der Waals surface area (Å²) in [5.41, 5.74) is 0.952. The zero-order chi connectivity index (χ0) is 26.0. The number of anilines is 1. The summed E-state index contributed by atoms with van der Waals surface area (Å²) in [6, 6.07) is 11.7. The van der Waals surface area contributed by atoms with Crippen molar-refractivity contribution in [1.82, 2.24) is 4.98 Å². The van der Waals surface area contributed by atoms with Gasteiger partial charge in [0.2, 0.25) is 0 Å². The topological polar surface area (TPSA) is 126 Å². The number of aliphatic hydroxyl groups excluding tert-OH is 1. The van der Waals surface area contributed by atoms with Crippen LogP contribution in [0.1, 0.15) is 46.4 Å². The van der Waals surface area contributed by atoms with Crippen LogP contribution in [0.3, 0.4) is 0 Å². The third kappa shape index (κ3) is 4.42. The summed E-state index contributed by atoms with van der Waals surface area (Å²) < 4.78 is 10.6. The average Bonchev–Trinajstić information content (AvgIpc) is 3.37. The lowest BCUT2D eigenvalue weighted by molar-refractivity contribution is -0.132. The van der Waals surface area contributed by atoms with Gasteiger partial charge in [0.1, 0.15) is 10.6 Å². The number of phenols is 1. The zero-order valence-electron chi connectivity index (χ0n) is 19.8. The number of esters is 1. The van der Waals surface area contributed by atoms with Crippen molar-refractivity contribution in [1.29, 1.82) is 0 Å². The summed E-state index contributed by atoms with van der Waals surface area (Å²) in [6.07, 6.45) is 0. The van der Waals surface area contributed by atoms with Crippen molar-refractivity contribution in [3.63, 3.8) is 0 Å². The highest BCUT2D eigenvalue weighted by Gasteiger charge is 2.48. The minimum Gasteiger partial charge on any atom is -0.507 e. The number of benzene rings is 2. The molecule has 1 aliphatic heterocycles. The summed E-state index contributed by atoms with van der Waals surface area (Å²) >= 11 is 0.919. The molecule has 186 valence electrons. The van der Waals surface area contributed by atoms with Gasteiger partial charge < -0.3 is 19.7 Å². The van der Waals surface area contributed by atoms with Gasteiger partial charge in [-0.3, -0.25) is 14.5 Å². The predicted octanol–water partition coefficient (Wildman–Crippen LogP) is 4.36. The predicted molar refractivity (Wildman–Crippen MR) is 133 cm³/mol. The first-order valence-corrected chi connectivity index (χ1v) is 12.1. The van der Waals surface area contributed by atoms with Gasteiger partial charge in [-0.2, -0.15) is 0 Å². The van der Waals surface area contributed by atoms with E-state index in [1.807, 2.05) is 0 Å². The number of aromatic nitrogens is 1. The molecule has 0 radical (unpaired) electrons. The third-order valence-electron chi connectivity index (χ3n) is 5.54. The van der Waals surface area contributed by atoms with E-state index in [0.29, 0.717) is 16.8 Å². The number of hydrogen-bond acceptors (Lipinski definition) is 9. The second-order valence-electron chi connectivity index (χ2n) is 7.83. The number of Topliss-reactive ketones (excluding diaryl/α,β-unsaturated/α-hetero) is 1. The van der Waals surface area contributed by atoms with Gasteiger partial charge in [0.05, 0.1) is 30.5 Å². The maximum Gasteiger partial charge on any atom is 0.350 e. The summed E-state index contributed by atoms with van der Waals surface area (Å²) in [7, 11) is 0. The van der Waals surface area contributed by atoms with E-state index in [-0.39, 0.29) is 46.1 Å². The van der Waals surface area contributed by atoms with Gasteiger partial charge in [0.25, 0.3) is 5.78 Å². The van der Waals surface area contributed by atoms with Gasteiger partial charge in [0, 0.05) is 5.56 Å². The van der Waals surface area contributed by atoms with E-state index in [1.165, 1.54) is 18.2 Å². The molecule has 1 amide bonds. The first-order chi connectivity index (χ1) is 17.3. The van der Waals surface area contributed by atoms with Crippen molar-refractivity contribution < 1.29 is 34.1 Å². The Bertz CT molecular complexity index is 1360. The van der Waals surface area contributed by atoms with Crippen LogP contribution < -0.4 is 9.64 Å². The van der Waals surface area contributed by atoms with Gasteiger partial charge in [-0.15, -0.1) is 0 Å². The lowest BCUT2D eigenvalue weighted by Gasteiger charge is -2.23. The molecule has 1 atom stereocenters. The number of aromatic hydroxyl groups is 1. The normalized spacial score (nSPS) is 16.9. The Morgan fingerprint density at radius 3 is 2.50 bits per heavy atom. The highest BCUT2D eigenvalue weighted by molar-refractivity contribution is 7.17. The fourth-order valence-electron chi connectivity index (χ4n) is 3.94. The first-order valence-electron chi connectivity index (χ1n) is 11.2. The number of ether oxygens (including phenoxy) is 2. The van der Waals surface area contributed by atoms with Crippen LogP contribution in [0.5, 0.6) is 11.5 Å². The SMILES string of the molecule is CCOC(=O)c1sc(N2C(=O)C(=O)/C(=C(/O)c3ccccc3)[C@H]2c2ccc(O)c(OCC)c2)nc1C. The first kappa shape index (κ1) is 24.9. The largest absolute Gasteiger partial charge is 0.507 e. The molecule has 0 aliphatic carbocycles. The molecule has 0 saturated carbocycles. The van der Waals surface area contributed by atoms with Crippen LogP contribution in [0.15, 0.2) is 54.1 Å². The van der Waals surface area contributed by atoms with Crippen molar-refractivity contribution in [2.75, 3.05) is 18.1 Å². The Labute approximate surface area is 211 Å². The van der Waals surface area contributed by atoms with E-state index in [2.05, 4.69) is 4.98 Å². The van der Waals surface area contributed by atoms with Crippen molar-refractivity contribution in [3.8, 4) is 11.5 Å². The van der Waals surface area contributed by atoms with Crippen LogP contribution >= 0.6 is 11.3 Å². The quantitative estimate of drug-likeness (QED) is 0.209. The van der Waals surface area contributed by atoms with E-state index in [4.69, 9.17) is 9.47 Å². The Kier molecular flexibility index (Phi) is 7.07. The van der Waals surface area contributed by atoms with Crippen LogP contribution in [0.2, 0.25) is 0 Å². The molecule has 1 fully saturated rings. The van der Waals surface area contributed by atoms with E-state index in [9.17, 15) is 24.6 Å². The maximum atomic E-state index is 13.3. The molecule has 1 aromatic heterocycles.